The van der Waals surface area contributed by atoms with E-state index in [4.69, 9.17) is 4.74 Å². The number of benzene rings is 1. The monoisotopic (exact) mass is 273 g/mol. The lowest BCUT2D eigenvalue weighted by molar-refractivity contribution is 0.242. The molecule has 4 unspecified atom stereocenters. The fourth-order valence-corrected chi connectivity index (χ4v) is 4.00. The van der Waals surface area contributed by atoms with Crippen molar-refractivity contribution in [2.24, 2.45) is 11.8 Å². The van der Waals surface area contributed by atoms with Crippen molar-refractivity contribution in [2.45, 2.75) is 64.6 Å². The van der Waals surface area contributed by atoms with Crippen molar-refractivity contribution in [3.63, 3.8) is 0 Å². The van der Waals surface area contributed by atoms with Gasteiger partial charge in [-0.25, -0.2) is 0 Å². The number of hydrogen-bond donors (Lipinski definition) is 1. The number of rotatable bonds is 5. The molecular weight excluding hydrogens is 246 g/mol. The minimum absolute atomic E-state index is 0.235. The van der Waals surface area contributed by atoms with Crippen LogP contribution in [-0.2, 0) is 0 Å². The molecule has 2 aliphatic rings. The molecule has 2 nitrogen and oxygen atoms in total. The van der Waals surface area contributed by atoms with Crippen molar-refractivity contribution in [1.82, 2.24) is 5.32 Å². The standard InChI is InChI=1S/C18H27NO/c1-12(2)20-17-6-4-5-15(11-17)13(3)19-18-10-14-7-8-16(18)9-14/h4-6,11-14,16,18-19H,7-10H2,1-3H3. The van der Waals surface area contributed by atoms with Gasteiger partial charge in [-0.1, -0.05) is 18.6 Å². The highest BCUT2D eigenvalue weighted by molar-refractivity contribution is 5.30. The van der Waals surface area contributed by atoms with Gasteiger partial charge in [-0.2, -0.15) is 0 Å². The van der Waals surface area contributed by atoms with Gasteiger partial charge in [0.2, 0.25) is 0 Å². The maximum atomic E-state index is 5.80. The summed E-state index contributed by atoms with van der Waals surface area (Å²) in [7, 11) is 0. The predicted octanol–water partition coefficient (Wildman–Crippen LogP) is 4.31. The van der Waals surface area contributed by atoms with Gasteiger partial charge >= 0.3 is 0 Å². The topological polar surface area (TPSA) is 21.3 Å². The summed E-state index contributed by atoms with van der Waals surface area (Å²) in [5.74, 6) is 2.91. The smallest absolute Gasteiger partial charge is 0.120 e. The van der Waals surface area contributed by atoms with Crippen molar-refractivity contribution >= 4 is 0 Å². The molecule has 1 N–H and O–H groups in total. The molecule has 2 heteroatoms. The molecule has 2 saturated carbocycles. The predicted molar refractivity (Wildman–Crippen MR) is 83.0 cm³/mol. The maximum Gasteiger partial charge on any atom is 0.120 e. The Kier molecular flexibility index (Phi) is 4.02. The summed E-state index contributed by atoms with van der Waals surface area (Å²) in [6.45, 7) is 6.42. The third-order valence-corrected chi connectivity index (χ3v) is 4.93. The van der Waals surface area contributed by atoms with Gasteiger partial charge in [0.25, 0.3) is 0 Å². The minimum atomic E-state index is 0.235. The van der Waals surface area contributed by atoms with Crippen molar-refractivity contribution in [3.8, 4) is 5.75 Å². The summed E-state index contributed by atoms with van der Waals surface area (Å²) in [4.78, 5) is 0. The number of ether oxygens (including phenoxy) is 1. The highest BCUT2D eigenvalue weighted by Crippen LogP contribution is 2.45. The lowest BCUT2D eigenvalue weighted by Crippen LogP contribution is -2.35. The molecule has 0 spiro atoms. The van der Waals surface area contributed by atoms with Crippen molar-refractivity contribution < 1.29 is 4.74 Å². The fourth-order valence-electron chi connectivity index (χ4n) is 4.00. The molecule has 2 bridgehead atoms. The molecule has 0 aromatic heterocycles. The van der Waals surface area contributed by atoms with Crippen LogP contribution in [0.1, 0.15) is 58.1 Å². The third-order valence-electron chi connectivity index (χ3n) is 4.93. The van der Waals surface area contributed by atoms with E-state index in [-0.39, 0.29) is 6.10 Å². The Labute approximate surface area is 122 Å². The Bertz CT molecular complexity index is 456. The molecule has 20 heavy (non-hydrogen) atoms. The first-order chi connectivity index (χ1) is 9.61. The van der Waals surface area contributed by atoms with Gasteiger partial charge < -0.3 is 10.1 Å². The Morgan fingerprint density at radius 3 is 2.65 bits per heavy atom. The van der Waals surface area contributed by atoms with Crippen molar-refractivity contribution in [1.29, 1.82) is 0 Å². The van der Waals surface area contributed by atoms with Gasteiger partial charge in [0.15, 0.2) is 0 Å². The van der Waals surface area contributed by atoms with Crippen LogP contribution in [0.25, 0.3) is 0 Å². The summed E-state index contributed by atoms with van der Waals surface area (Å²) in [5, 5.41) is 3.85. The summed E-state index contributed by atoms with van der Waals surface area (Å²) in [6.07, 6.45) is 5.98. The summed E-state index contributed by atoms with van der Waals surface area (Å²) in [6, 6.07) is 9.69. The number of hydrogen-bond acceptors (Lipinski definition) is 2. The quantitative estimate of drug-likeness (QED) is 0.863. The Balaban J connectivity index is 1.63. The van der Waals surface area contributed by atoms with Gasteiger partial charge in [0, 0.05) is 12.1 Å². The molecule has 0 radical (unpaired) electrons. The van der Waals surface area contributed by atoms with Crippen LogP contribution in [0.2, 0.25) is 0 Å². The Morgan fingerprint density at radius 2 is 2.00 bits per heavy atom. The molecule has 2 aliphatic carbocycles. The minimum Gasteiger partial charge on any atom is -0.491 e. The van der Waals surface area contributed by atoms with E-state index in [1.165, 1.54) is 31.2 Å². The average molecular weight is 273 g/mol. The molecule has 0 amide bonds. The first kappa shape index (κ1) is 13.9. The van der Waals surface area contributed by atoms with Gasteiger partial charge in [0.1, 0.15) is 5.75 Å². The normalized spacial score (nSPS) is 29.9. The third kappa shape index (κ3) is 3.01. The largest absolute Gasteiger partial charge is 0.491 e. The molecule has 3 rings (SSSR count). The molecule has 0 aliphatic heterocycles. The Morgan fingerprint density at radius 1 is 1.15 bits per heavy atom. The molecule has 1 aromatic rings. The zero-order chi connectivity index (χ0) is 14.1. The molecule has 1 aromatic carbocycles. The molecule has 4 atom stereocenters. The summed E-state index contributed by atoms with van der Waals surface area (Å²) >= 11 is 0. The first-order valence-corrected chi connectivity index (χ1v) is 8.14. The van der Waals surface area contributed by atoms with E-state index in [1.54, 1.807) is 0 Å². The van der Waals surface area contributed by atoms with Crippen molar-refractivity contribution in [2.75, 3.05) is 0 Å². The van der Waals surface area contributed by atoms with E-state index in [9.17, 15) is 0 Å². The van der Waals surface area contributed by atoms with Crippen molar-refractivity contribution in [3.05, 3.63) is 29.8 Å². The fraction of sp³-hybridized carbons (Fsp3) is 0.667. The van der Waals surface area contributed by atoms with Gasteiger partial charge in [-0.15, -0.1) is 0 Å². The Hall–Kier alpha value is -1.02. The maximum absolute atomic E-state index is 5.80. The van der Waals surface area contributed by atoms with Crippen LogP contribution in [-0.4, -0.2) is 12.1 Å². The molecule has 110 valence electrons. The van der Waals surface area contributed by atoms with E-state index < -0.39 is 0 Å². The highest BCUT2D eigenvalue weighted by Gasteiger charge is 2.39. The average Bonchev–Trinajstić information content (AvgIpc) is 3.00. The molecule has 2 fully saturated rings. The second-order valence-electron chi connectivity index (χ2n) is 6.91. The van der Waals surface area contributed by atoms with Gasteiger partial charge in [0.05, 0.1) is 6.10 Å². The lowest BCUT2D eigenvalue weighted by atomic mass is 9.94. The second kappa shape index (κ2) is 5.77. The van der Waals surface area contributed by atoms with Gasteiger partial charge in [-0.3, -0.25) is 0 Å². The zero-order valence-electron chi connectivity index (χ0n) is 12.9. The lowest BCUT2D eigenvalue weighted by Gasteiger charge is -2.27. The highest BCUT2D eigenvalue weighted by atomic mass is 16.5. The van der Waals surface area contributed by atoms with Crippen LogP contribution in [0.4, 0.5) is 0 Å². The van der Waals surface area contributed by atoms with Crippen LogP contribution in [0, 0.1) is 11.8 Å². The van der Waals surface area contributed by atoms with Crippen LogP contribution >= 0.6 is 0 Å². The van der Waals surface area contributed by atoms with Gasteiger partial charge in [-0.05, 0) is 69.6 Å². The molecular formula is C18H27NO. The zero-order valence-corrected chi connectivity index (χ0v) is 12.9. The number of nitrogens with one attached hydrogen (secondary N) is 1. The summed E-state index contributed by atoms with van der Waals surface area (Å²) < 4.78 is 5.80. The van der Waals surface area contributed by atoms with Crippen LogP contribution in [0.15, 0.2) is 24.3 Å². The SMILES string of the molecule is CC(C)Oc1cccc(C(C)NC2CC3CCC2C3)c1. The van der Waals surface area contributed by atoms with Crippen LogP contribution < -0.4 is 10.1 Å². The van der Waals surface area contributed by atoms with Crippen LogP contribution in [0.3, 0.4) is 0 Å². The molecule has 0 saturated heterocycles. The van der Waals surface area contributed by atoms with Crippen LogP contribution in [0.5, 0.6) is 5.75 Å². The van der Waals surface area contributed by atoms with E-state index in [2.05, 4.69) is 44.3 Å². The van der Waals surface area contributed by atoms with E-state index in [1.807, 2.05) is 6.07 Å². The molecule has 0 heterocycles. The number of fused-ring (bicyclic) bond motifs is 2. The second-order valence-corrected chi connectivity index (χ2v) is 6.91. The van der Waals surface area contributed by atoms with E-state index >= 15 is 0 Å². The summed E-state index contributed by atoms with van der Waals surface area (Å²) in [5.41, 5.74) is 1.34. The van der Waals surface area contributed by atoms with E-state index in [0.29, 0.717) is 6.04 Å². The first-order valence-electron chi connectivity index (χ1n) is 8.14. The van der Waals surface area contributed by atoms with E-state index in [0.717, 1.165) is 23.6 Å².